The van der Waals surface area contributed by atoms with E-state index >= 15 is 0 Å². The van der Waals surface area contributed by atoms with Crippen molar-refractivity contribution in [3.05, 3.63) is 64.6 Å². The lowest BCUT2D eigenvalue weighted by molar-refractivity contribution is -0.116. The van der Waals surface area contributed by atoms with E-state index in [0.29, 0.717) is 25.0 Å². The maximum absolute atomic E-state index is 12.1. The average Bonchev–Trinajstić information content (AvgIpc) is 2.91. The fourth-order valence-electron chi connectivity index (χ4n) is 2.79. The summed E-state index contributed by atoms with van der Waals surface area (Å²) >= 11 is 0. The molecule has 0 atom stereocenters. The molecule has 3 aromatic rings. The number of rotatable bonds is 6. The second kappa shape index (κ2) is 7.17. The summed E-state index contributed by atoms with van der Waals surface area (Å²) in [7, 11) is 0. The zero-order chi connectivity index (χ0) is 16.9. The van der Waals surface area contributed by atoms with Crippen LogP contribution in [0.2, 0.25) is 0 Å². The summed E-state index contributed by atoms with van der Waals surface area (Å²) in [5.74, 6) is -0.426. The van der Waals surface area contributed by atoms with Crippen molar-refractivity contribution in [1.82, 2.24) is 4.57 Å². The van der Waals surface area contributed by atoms with E-state index in [0.717, 1.165) is 23.2 Å². The van der Waals surface area contributed by atoms with Gasteiger partial charge in [-0.1, -0.05) is 37.3 Å². The predicted octanol–water partition coefficient (Wildman–Crippen LogP) is 3.58. The van der Waals surface area contributed by atoms with Crippen LogP contribution in [0.4, 0.5) is 5.69 Å². The Morgan fingerprint density at radius 2 is 1.88 bits per heavy atom. The average molecular weight is 324 g/mol. The van der Waals surface area contributed by atoms with Crippen molar-refractivity contribution >= 4 is 22.7 Å². The maximum Gasteiger partial charge on any atom is 0.419 e. The van der Waals surface area contributed by atoms with E-state index in [-0.39, 0.29) is 11.7 Å². The Labute approximate surface area is 139 Å². The number of amides is 1. The molecule has 0 spiro atoms. The summed E-state index contributed by atoms with van der Waals surface area (Å²) in [6.45, 7) is 2.51. The molecule has 1 N–H and O–H groups in total. The van der Waals surface area contributed by atoms with E-state index in [1.54, 1.807) is 10.6 Å². The highest BCUT2D eigenvalue weighted by Gasteiger charge is 2.10. The van der Waals surface area contributed by atoms with Crippen molar-refractivity contribution in [3.63, 3.8) is 0 Å². The molecule has 0 radical (unpaired) electrons. The minimum Gasteiger partial charge on any atom is -0.408 e. The van der Waals surface area contributed by atoms with Crippen LogP contribution >= 0.6 is 0 Å². The standard InChI is InChI=1S/C19H20N2O3/c1-2-14-8-3-4-9-15(14)20-18(22)12-7-13-21-16-10-5-6-11-17(16)24-19(21)23/h3-6,8-11H,2,7,12-13H2,1H3,(H,20,22). The number of fused-ring (bicyclic) bond motifs is 1. The largest absolute Gasteiger partial charge is 0.419 e. The van der Waals surface area contributed by atoms with E-state index in [2.05, 4.69) is 12.2 Å². The van der Waals surface area contributed by atoms with Crippen LogP contribution in [0.25, 0.3) is 11.1 Å². The lowest BCUT2D eigenvalue weighted by Gasteiger charge is -2.09. The monoisotopic (exact) mass is 324 g/mol. The Kier molecular flexibility index (Phi) is 4.79. The number of carbonyl (C=O) groups excluding carboxylic acids is 1. The molecular formula is C19H20N2O3. The topological polar surface area (TPSA) is 64.2 Å². The third-order valence-electron chi connectivity index (χ3n) is 4.03. The molecule has 24 heavy (non-hydrogen) atoms. The zero-order valence-corrected chi connectivity index (χ0v) is 13.6. The normalized spacial score (nSPS) is 10.9. The number of aromatic nitrogens is 1. The molecule has 1 heterocycles. The summed E-state index contributed by atoms with van der Waals surface area (Å²) < 4.78 is 6.76. The van der Waals surface area contributed by atoms with Gasteiger partial charge in [-0.2, -0.15) is 0 Å². The van der Waals surface area contributed by atoms with Gasteiger partial charge < -0.3 is 9.73 Å². The van der Waals surface area contributed by atoms with Crippen LogP contribution in [-0.4, -0.2) is 10.5 Å². The SMILES string of the molecule is CCc1ccccc1NC(=O)CCCn1c(=O)oc2ccccc21. The first-order chi connectivity index (χ1) is 11.7. The first kappa shape index (κ1) is 16.1. The van der Waals surface area contributed by atoms with Gasteiger partial charge in [0.2, 0.25) is 5.91 Å². The molecular weight excluding hydrogens is 304 g/mol. The van der Waals surface area contributed by atoms with Crippen molar-refractivity contribution in [3.8, 4) is 0 Å². The molecule has 124 valence electrons. The Morgan fingerprint density at radius 3 is 2.71 bits per heavy atom. The van der Waals surface area contributed by atoms with Gasteiger partial charge in [-0.25, -0.2) is 4.79 Å². The molecule has 0 aliphatic carbocycles. The van der Waals surface area contributed by atoms with E-state index in [4.69, 9.17) is 4.42 Å². The molecule has 1 amide bonds. The fourth-order valence-corrected chi connectivity index (χ4v) is 2.79. The highest BCUT2D eigenvalue weighted by atomic mass is 16.4. The fraction of sp³-hybridized carbons (Fsp3) is 0.263. The number of nitrogens with zero attached hydrogens (tertiary/aromatic N) is 1. The molecule has 0 saturated heterocycles. The number of anilines is 1. The number of para-hydroxylation sites is 3. The predicted molar refractivity (Wildman–Crippen MR) is 94.2 cm³/mol. The molecule has 5 heteroatoms. The molecule has 2 aromatic carbocycles. The Balaban J connectivity index is 1.61. The molecule has 0 aliphatic heterocycles. The summed E-state index contributed by atoms with van der Waals surface area (Å²) in [4.78, 5) is 24.0. The Bertz CT molecular complexity index is 908. The van der Waals surface area contributed by atoms with Crippen molar-refractivity contribution in [2.45, 2.75) is 32.7 Å². The molecule has 1 aromatic heterocycles. The number of carbonyl (C=O) groups is 1. The summed E-state index contributed by atoms with van der Waals surface area (Å²) in [6, 6.07) is 15.1. The third kappa shape index (κ3) is 3.40. The molecule has 0 saturated carbocycles. The first-order valence-electron chi connectivity index (χ1n) is 8.15. The van der Waals surface area contributed by atoms with Gasteiger partial charge in [-0.05, 0) is 36.6 Å². The number of nitrogens with one attached hydrogen (secondary N) is 1. The number of hydrogen-bond acceptors (Lipinski definition) is 3. The minimum atomic E-state index is -0.382. The second-order valence-electron chi connectivity index (χ2n) is 5.65. The molecule has 0 fully saturated rings. The van der Waals surface area contributed by atoms with Crippen LogP contribution in [0, 0.1) is 0 Å². The van der Waals surface area contributed by atoms with Gasteiger partial charge in [0.15, 0.2) is 5.58 Å². The van der Waals surface area contributed by atoms with Crippen LogP contribution < -0.4 is 11.1 Å². The minimum absolute atomic E-state index is 0.0447. The summed E-state index contributed by atoms with van der Waals surface area (Å²) in [5, 5.41) is 2.94. The van der Waals surface area contributed by atoms with Crippen LogP contribution in [0.1, 0.15) is 25.3 Å². The molecule has 5 nitrogen and oxygen atoms in total. The van der Waals surface area contributed by atoms with Gasteiger partial charge in [0.05, 0.1) is 5.52 Å². The van der Waals surface area contributed by atoms with Crippen molar-refractivity contribution in [1.29, 1.82) is 0 Å². The maximum atomic E-state index is 12.1. The van der Waals surface area contributed by atoms with Crippen LogP contribution in [-0.2, 0) is 17.8 Å². The van der Waals surface area contributed by atoms with E-state index in [1.807, 2.05) is 42.5 Å². The Hall–Kier alpha value is -2.82. The van der Waals surface area contributed by atoms with Gasteiger partial charge >= 0.3 is 5.76 Å². The number of oxazole rings is 1. The highest BCUT2D eigenvalue weighted by Crippen LogP contribution is 2.16. The van der Waals surface area contributed by atoms with Crippen LogP contribution in [0.3, 0.4) is 0 Å². The summed E-state index contributed by atoms with van der Waals surface area (Å²) in [5.41, 5.74) is 3.31. The quantitative estimate of drug-likeness (QED) is 0.754. The van der Waals surface area contributed by atoms with Gasteiger partial charge in [0, 0.05) is 18.7 Å². The second-order valence-corrected chi connectivity index (χ2v) is 5.65. The summed E-state index contributed by atoms with van der Waals surface area (Å²) in [6.07, 6.45) is 1.79. The van der Waals surface area contributed by atoms with Crippen molar-refractivity contribution in [2.24, 2.45) is 0 Å². The van der Waals surface area contributed by atoms with Gasteiger partial charge in [0.1, 0.15) is 0 Å². The van der Waals surface area contributed by atoms with Crippen molar-refractivity contribution in [2.75, 3.05) is 5.32 Å². The van der Waals surface area contributed by atoms with Crippen LogP contribution in [0.5, 0.6) is 0 Å². The highest BCUT2D eigenvalue weighted by molar-refractivity contribution is 5.91. The lowest BCUT2D eigenvalue weighted by atomic mass is 10.1. The molecule has 3 rings (SSSR count). The van der Waals surface area contributed by atoms with E-state index < -0.39 is 0 Å². The number of aryl methyl sites for hydroxylation is 2. The zero-order valence-electron chi connectivity index (χ0n) is 13.6. The van der Waals surface area contributed by atoms with Gasteiger partial charge in [0.25, 0.3) is 0 Å². The van der Waals surface area contributed by atoms with Gasteiger partial charge in [-0.15, -0.1) is 0 Å². The molecule has 0 unspecified atom stereocenters. The Morgan fingerprint density at radius 1 is 1.12 bits per heavy atom. The number of benzene rings is 2. The first-order valence-corrected chi connectivity index (χ1v) is 8.15. The van der Waals surface area contributed by atoms with Crippen molar-refractivity contribution < 1.29 is 9.21 Å². The van der Waals surface area contributed by atoms with E-state index in [1.165, 1.54) is 0 Å². The lowest BCUT2D eigenvalue weighted by Crippen LogP contribution is -2.17. The third-order valence-corrected chi connectivity index (χ3v) is 4.03. The molecule has 0 aliphatic rings. The van der Waals surface area contributed by atoms with Crippen LogP contribution in [0.15, 0.2) is 57.7 Å². The number of hydrogen-bond donors (Lipinski definition) is 1. The van der Waals surface area contributed by atoms with Gasteiger partial charge in [-0.3, -0.25) is 9.36 Å². The van der Waals surface area contributed by atoms with E-state index in [9.17, 15) is 9.59 Å². The molecule has 0 bridgehead atoms. The smallest absolute Gasteiger partial charge is 0.408 e.